The van der Waals surface area contributed by atoms with E-state index in [1.807, 2.05) is 6.92 Å². The second kappa shape index (κ2) is 12.6. The predicted octanol–water partition coefficient (Wildman–Crippen LogP) is 1.80. The van der Waals surface area contributed by atoms with Crippen molar-refractivity contribution in [1.29, 1.82) is 0 Å². The lowest BCUT2D eigenvalue weighted by molar-refractivity contribution is 0.0190. The average Bonchev–Trinajstić information content (AvgIpc) is 3.05. The normalized spacial score (nSPS) is 20.0. The zero-order chi connectivity index (χ0) is 16.9. The molecule has 0 bridgehead atoms. The van der Waals surface area contributed by atoms with E-state index in [0.717, 1.165) is 51.5 Å². The Bertz CT molecular complexity index is 318. The van der Waals surface area contributed by atoms with Crippen molar-refractivity contribution in [3.8, 4) is 0 Å². The van der Waals surface area contributed by atoms with Crippen molar-refractivity contribution in [3.63, 3.8) is 0 Å². The van der Waals surface area contributed by atoms with E-state index in [9.17, 15) is 0 Å². The molecular formula is C17H35N3O3. The fourth-order valence-electron chi connectivity index (χ4n) is 2.61. The summed E-state index contributed by atoms with van der Waals surface area (Å²) < 4.78 is 16.9. The third-order valence-electron chi connectivity index (χ3n) is 3.94. The summed E-state index contributed by atoms with van der Waals surface area (Å²) in [6.07, 6.45) is 3.83. The van der Waals surface area contributed by atoms with Gasteiger partial charge in [0.2, 0.25) is 0 Å². The summed E-state index contributed by atoms with van der Waals surface area (Å²) >= 11 is 0. The molecule has 0 radical (unpaired) electrons. The summed E-state index contributed by atoms with van der Waals surface area (Å²) in [4.78, 5) is 4.22. The van der Waals surface area contributed by atoms with Gasteiger partial charge in [-0.3, -0.25) is 4.99 Å². The first-order valence-corrected chi connectivity index (χ1v) is 8.92. The van der Waals surface area contributed by atoms with Crippen LogP contribution in [0.15, 0.2) is 4.99 Å². The number of guanidine groups is 1. The molecule has 1 heterocycles. The van der Waals surface area contributed by atoms with Gasteiger partial charge < -0.3 is 24.8 Å². The molecule has 1 rings (SSSR count). The van der Waals surface area contributed by atoms with Crippen LogP contribution >= 0.6 is 0 Å². The van der Waals surface area contributed by atoms with Crippen LogP contribution in [0.5, 0.6) is 0 Å². The molecule has 1 aliphatic rings. The van der Waals surface area contributed by atoms with Crippen LogP contribution in [0.3, 0.4) is 0 Å². The average molecular weight is 329 g/mol. The van der Waals surface area contributed by atoms with Crippen molar-refractivity contribution in [2.24, 2.45) is 10.9 Å². The van der Waals surface area contributed by atoms with Crippen LogP contribution in [0.4, 0.5) is 0 Å². The summed E-state index contributed by atoms with van der Waals surface area (Å²) in [5.74, 6) is 1.34. The van der Waals surface area contributed by atoms with Crippen LogP contribution in [0.25, 0.3) is 0 Å². The first kappa shape index (κ1) is 20.2. The number of hydrogen-bond donors (Lipinski definition) is 2. The second-order valence-corrected chi connectivity index (χ2v) is 6.16. The molecule has 6 heteroatoms. The molecule has 2 N–H and O–H groups in total. The van der Waals surface area contributed by atoms with Gasteiger partial charge in [0.05, 0.1) is 25.4 Å². The van der Waals surface area contributed by atoms with Gasteiger partial charge in [-0.15, -0.1) is 0 Å². The van der Waals surface area contributed by atoms with Crippen molar-refractivity contribution in [1.82, 2.24) is 10.6 Å². The largest absolute Gasteiger partial charge is 0.378 e. The molecule has 0 aromatic carbocycles. The lowest BCUT2D eigenvalue weighted by atomic mass is 10.0. The number of hydrogen-bond acceptors (Lipinski definition) is 4. The minimum atomic E-state index is 0.291. The van der Waals surface area contributed by atoms with Gasteiger partial charge in [0.1, 0.15) is 0 Å². The number of nitrogens with one attached hydrogen (secondary N) is 2. The fraction of sp³-hybridized carbons (Fsp3) is 0.941. The first-order chi connectivity index (χ1) is 11.2. The highest BCUT2D eigenvalue weighted by Crippen LogP contribution is 2.11. The Morgan fingerprint density at radius 3 is 2.70 bits per heavy atom. The van der Waals surface area contributed by atoms with Gasteiger partial charge in [-0.2, -0.15) is 0 Å². The molecule has 6 nitrogen and oxygen atoms in total. The summed E-state index contributed by atoms with van der Waals surface area (Å²) in [5, 5.41) is 6.59. The third kappa shape index (κ3) is 9.13. The predicted molar refractivity (Wildman–Crippen MR) is 94.0 cm³/mol. The van der Waals surface area contributed by atoms with Gasteiger partial charge in [-0.1, -0.05) is 13.8 Å². The topological polar surface area (TPSA) is 64.1 Å². The number of aliphatic imine (C=N–C) groups is 1. The Labute approximate surface area is 141 Å². The van der Waals surface area contributed by atoms with E-state index in [4.69, 9.17) is 14.2 Å². The van der Waals surface area contributed by atoms with Gasteiger partial charge in [0.25, 0.3) is 0 Å². The zero-order valence-corrected chi connectivity index (χ0v) is 15.3. The summed E-state index contributed by atoms with van der Waals surface area (Å²) in [6, 6.07) is 0. The highest BCUT2D eigenvalue weighted by molar-refractivity contribution is 5.79. The highest BCUT2D eigenvalue weighted by atomic mass is 16.5. The van der Waals surface area contributed by atoms with Crippen molar-refractivity contribution < 1.29 is 14.2 Å². The molecule has 1 aliphatic heterocycles. The Morgan fingerprint density at radius 1 is 1.30 bits per heavy atom. The van der Waals surface area contributed by atoms with Crippen molar-refractivity contribution in [2.75, 3.05) is 46.6 Å². The van der Waals surface area contributed by atoms with Crippen LogP contribution in [-0.4, -0.2) is 64.7 Å². The van der Waals surface area contributed by atoms with Gasteiger partial charge in [0, 0.05) is 33.4 Å². The van der Waals surface area contributed by atoms with Crippen LogP contribution < -0.4 is 10.6 Å². The zero-order valence-electron chi connectivity index (χ0n) is 15.3. The maximum atomic E-state index is 5.75. The molecule has 2 atom stereocenters. The molecule has 0 saturated carbocycles. The van der Waals surface area contributed by atoms with Gasteiger partial charge >= 0.3 is 0 Å². The lowest BCUT2D eigenvalue weighted by Gasteiger charge is -2.21. The molecule has 0 aromatic rings. The van der Waals surface area contributed by atoms with Gasteiger partial charge in [0.15, 0.2) is 5.96 Å². The SMILES string of the molecule is CCOC(CCNC(=NC)NCCOCC1CCCO1)C(C)C. The molecule has 2 unspecified atom stereocenters. The van der Waals surface area contributed by atoms with Gasteiger partial charge in [-0.05, 0) is 32.1 Å². The third-order valence-corrected chi connectivity index (χ3v) is 3.94. The summed E-state index contributed by atoms with van der Waals surface area (Å²) in [6.45, 7) is 11.0. The van der Waals surface area contributed by atoms with E-state index >= 15 is 0 Å². The molecule has 0 amide bonds. The number of nitrogens with zero attached hydrogens (tertiary/aromatic N) is 1. The molecule has 1 saturated heterocycles. The smallest absolute Gasteiger partial charge is 0.191 e. The van der Waals surface area contributed by atoms with E-state index in [1.54, 1.807) is 7.05 Å². The van der Waals surface area contributed by atoms with E-state index in [1.165, 1.54) is 0 Å². The molecule has 0 spiro atoms. The van der Waals surface area contributed by atoms with E-state index < -0.39 is 0 Å². The van der Waals surface area contributed by atoms with Crippen molar-refractivity contribution in [3.05, 3.63) is 0 Å². The highest BCUT2D eigenvalue weighted by Gasteiger charge is 2.15. The molecule has 23 heavy (non-hydrogen) atoms. The van der Waals surface area contributed by atoms with E-state index in [-0.39, 0.29) is 0 Å². The number of ether oxygens (including phenoxy) is 3. The van der Waals surface area contributed by atoms with Gasteiger partial charge in [-0.25, -0.2) is 0 Å². The first-order valence-electron chi connectivity index (χ1n) is 8.92. The van der Waals surface area contributed by atoms with Crippen LogP contribution in [-0.2, 0) is 14.2 Å². The number of rotatable bonds is 11. The van der Waals surface area contributed by atoms with Crippen LogP contribution in [0, 0.1) is 5.92 Å². The van der Waals surface area contributed by atoms with Crippen LogP contribution in [0.1, 0.15) is 40.0 Å². The molecule has 0 aliphatic carbocycles. The quantitative estimate of drug-likeness (QED) is 0.344. The fourth-order valence-corrected chi connectivity index (χ4v) is 2.61. The monoisotopic (exact) mass is 329 g/mol. The summed E-state index contributed by atoms with van der Waals surface area (Å²) in [7, 11) is 1.78. The van der Waals surface area contributed by atoms with Crippen LogP contribution in [0.2, 0.25) is 0 Å². The second-order valence-electron chi connectivity index (χ2n) is 6.16. The molecular weight excluding hydrogens is 294 g/mol. The minimum Gasteiger partial charge on any atom is -0.378 e. The molecule has 1 fully saturated rings. The van der Waals surface area contributed by atoms with E-state index in [2.05, 4.69) is 29.5 Å². The summed E-state index contributed by atoms with van der Waals surface area (Å²) in [5.41, 5.74) is 0. The minimum absolute atomic E-state index is 0.291. The molecule has 0 aromatic heterocycles. The lowest BCUT2D eigenvalue weighted by Crippen LogP contribution is -2.40. The van der Waals surface area contributed by atoms with Crippen molar-refractivity contribution >= 4 is 5.96 Å². The standard InChI is InChI=1S/C17H35N3O3/c1-5-22-16(14(2)3)8-9-19-17(18-4)20-10-12-21-13-15-7-6-11-23-15/h14-16H,5-13H2,1-4H3,(H2,18,19,20). The Morgan fingerprint density at radius 2 is 2.09 bits per heavy atom. The maximum Gasteiger partial charge on any atom is 0.191 e. The Kier molecular flexibility index (Phi) is 11.0. The Balaban J connectivity index is 2.06. The van der Waals surface area contributed by atoms with E-state index in [0.29, 0.717) is 31.3 Å². The molecule has 136 valence electrons. The maximum absolute atomic E-state index is 5.75. The Hall–Kier alpha value is -0.850. The van der Waals surface area contributed by atoms with Crippen molar-refractivity contribution in [2.45, 2.75) is 52.2 Å².